The molecule has 0 aliphatic heterocycles. The Kier molecular flexibility index (Phi) is 4.39. The molecule has 0 amide bonds. The molecule has 0 radical (unpaired) electrons. The number of ketones is 1. The fourth-order valence-electron chi connectivity index (χ4n) is 3.31. The van der Waals surface area contributed by atoms with Crippen LogP contribution in [0.2, 0.25) is 0 Å². The number of likely N-dealkylation sites (N-methyl/N-ethyl adjacent to an activating group) is 1. The fourth-order valence-corrected chi connectivity index (χ4v) is 3.31. The first kappa shape index (κ1) is 12.1. The van der Waals surface area contributed by atoms with Gasteiger partial charge in [-0.25, -0.2) is 0 Å². The summed E-state index contributed by atoms with van der Waals surface area (Å²) in [6.45, 7) is 0. The van der Waals surface area contributed by atoms with Crippen LogP contribution in [0.3, 0.4) is 0 Å². The molecule has 1 unspecified atom stereocenters. The Bertz CT molecular complexity index is 231. The molecule has 0 N–H and O–H groups in total. The van der Waals surface area contributed by atoms with Crippen LogP contribution in [-0.4, -0.2) is 29.8 Å². The summed E-state index contributed by atoms with van der Waals surface area (Å²) in [6, 6.07) is 0.923. The number of Topliss-reactive ketones (excluding diaryl/α,β-unsaturated/α-hetero) is 1. The SMILES string of the molecule is CN(C1CCCCCC1)C1CCCCC1=O. The van der Waals surface area contributed by atoms with Crippen LogP contribution in [0.1, 0.15) is 64.2 Å². The van der Waals surface area contributed by atoms with Crippen LogP contribution in [0.15, 0.2) is 0 Å². The Hall–Kier alpha value is -0.370. The zero-order valence-corrected chi connectivity index (χ0v) is 10.6. The highest BCUT2D eigenvalue weighted by atomic mass is 16.1. The van der Waals surface area contributed by atoms with Gasteiger partial charge in [0.05, 0.1) is 6.04 Å². The molecule has 1 atom stereocenters. The van der Waals surface area contributed by atoms with Crippen molar-refractivity contribution in [1.82, 2.24) is 4.90 Å². The molecule has 2 rings (SSSR count). The first-order valence-electron chi connectivity index (χ1n) is 7.03. The van der Waals surface area contributed by atoms with Gasteiger partial charge in [0.25, 0.3) is 0 Å². The van der Waals surface area contributed by atoms with Crippen LogP contribution in [-0.2, 0) is 4.79 Å². The van der Waals surface area contributed by atoms with E-state index in [1.807, 2.05) is 0 Å². The molecule has 2 aliphatic rings. The van der Waals surface area contributed by atoms with E-state index in [9.17, 15) is 4.79 Å². The van der Waals surface area contributed by atoms with Gasteiger partial charge < -0.3 is 0 Å². The van der Waals surface area contributed by atoms with Crippen LogP contribution < -0.4 is 0 Å². The van der Waals surface area contributed by atoms with E-state index in [2.05, 4.69) is 11.9 Å². The molecule has 92 valence electrons. The second-order valence-electron chi connectivity index (χ2n) is 5.54. The number of nitrogens with zero attached hydrogens (tertiary/aromatic N) is 1. The van der Waals surface area contributed by atoms with Crippen molar-refractivity contribution in [2.24, 2.45) is 0 Å². The molecule has 2 saturated carbocycles. The molecule has 16 heavy (non-hydrogen) atoms. The lowest BCUT2D eigenvalue weighted by Gasteiger charge is -2.35. The lowest BCUT2D eigenvalue weighted by molar-refractivity contribution is -0.126. The molecule has 0 spiro atoms. The largest absolute Gasteiger partial charge is 0.298 e. The van der Waals surface area contributed by atoms with E-state index in [0.29, 0.717) is 11.8 Å². The van der Waals surface area contributed by atoms with E-state index in [4.69, 9.17) is 0 Å². The molecule has 0 aromatic rings. The van der Waals surface area contributed by atoms with Crippen LogP contribution in [0.4, 0.5) is 0 Å². The Morgan fingerprint density at radius 2 is 1.56 bits per heavy atom. The number of hydrogen-bond acceptors (Lipinski definition) is 2. The summed E-state index contributed by atoms with van der Waals surface area (Å²) in [6.07, 6.45) is 12.4. The Labute approximate surface area is 99.4 Å². The van der Waals surface area contributed by atoms with Crippen molar-refractivity contribution in [3.63, 3.8) is 0 Å². The maximum Gasteiger partial charge on any atom is 0.149 e. The van der Waals surface area contributed by atoms with Gasteiger partial charge in [-0.05, 0) is 32.7 Å². The molecule has 0 aromatic heterocycles. The molecule has 0 bridgehead atoms. The second-order valence-corrected chi connectivity index (χ2v) is 5.54. The lowest BCUT2D eigenvalue weighted by atomic mass is 9.91. The summed E-state index contributed by atoms with van der Waals surface area (Å²) in [7, 11) is 2.18. The summed E-state index contributed by atoms with van der Waals surface area (Å²) in [5, 5.41) is 0. The number of rotatable bonds is 2. The molecule has 2 aliphatic carbocycles. The third kappa shape index (κ3) is 2.85. The van der Waals surface area contributed by atoms with Gasteiger partial charge in [0.2, 0.25) is 0 Å². The van der Waals surface area contributed by atoms with Crippen molar-refractivity contribution >= 4 is 5.78 Å². The van der Waals surface area contributed by atoms with E-state index < -0.39 is 0 Å². The Morgan fingerprint density at radius 1 is 0.938 bits per heavy atom. The van der Waals surface area contributed by atoms with Gasteiger partial charge >= 0.3 is 0 Å². The summed E-state index contributed by atoms with van der Waals surface area (Å²) < 4.78 is 0. The Morgan fingerprint density at radius 3 is 2.19 bits per heavy atom. The van der Waals surface area contributed by atoms with Crippen molar-refractivity contribution in [1.29, 1.82) is 0 Å². The van der Waals surface area contributed by atoms with Gasteiger partial charge in [0, 0.05) is 12.5 Å². The number of carbonyl (C=O) groups is 1. The van der Waals surface area contributed by atoms with Gasteiger partial charge in [0.1, 0.15) is 5.78 Å². The highest BCUT2D eigenvalue weighted by molar-refractivity contribution is 5.84. The van der Waals surface area contributed by atoms with Gasteiger partial charge in [-0.2, -0.15) is 0 Å². The van der Waals surface area contributed by atoms with E-state index in [1.54, 1.807) is 0 Å². The predicted molar refractivity (Wildman–Crippen MR) is 66.5 cm³/mol. The normalized spacial score (nSPS) is 29.4. The minimum atomic E-state index is 0.247. The van der Waals surface area contributed by atoms with Crippen molar-refractivity contribution in [2.45, 2.75) is 76.3 Å². The zero-order valence-electron chi connectivity index (χ0n) is 10.6. The third-order valence-corrected chi connectivity index (χ3v) is 4.41. The van der Waals surface area contributed by atoms with Crippen molar-refractivity contribution in [3.8, 4) is 0 Å². The third-order valence-electron chi connectivity index (χ3n) is 4.41. The molecule has 0 heterocycles. The van der Waals surface area contributed by atoms with Gasteiger partial charge in [-0.3, -0.25) is 9.69 Å². The standard InChI is InChI=1S/C14H25NO/c1-15(12-8-4-2-3-5-9-12)13-10-6-7-11-14(13)16/h12-13H,2-11H2,1H3. The topological polar surface area (TPSA) is 20.3 Å². The minimum Gasteiger partial charge on any atom is -0.298 e. The van der Waals surface area contributed by atoms with E-state index in [0.717, 1.165) is 19.3 Å². The highest BCUT2D eigenvalue weighted by Gasteiger charge is 2.30. The quantitative estimate of drug-likeness (QED) is 0.670. The highest BCUT2D eigenvalue weighted by Crippen LogP contribution is 2.26. The van der Waals surface area contributed by atoms with Crippen LogP contribution in [0.25, 0.3) is 0 Å². The maximum atomic E-state index is 11.9. The van der Waals surface area contributed by atoms with Gasteiger partial charge in [-0.15, -0.1) is 0 Å². The molecule has 2 fully saturated rings. The average molecular weight is 223 g/mol. The zero-order chi connectivity index (χ0) is 11.4. The van der Waals surface area contributed by atoms with Crippen LogP contribution in [0, 0.1) is 0 Å². The monoisotopic (exact) mass is 223 g/mol. The molecule has 0 aromatic carbocycles. The van der Waals surface area contributed by atoms with Gasteiger partial charge in [-0.1, -0.05) is 32.1 Å². The van der Waals surface area contributed by atoms with Gasteiger partial charge in [0.15, 0.2) is 0 Å². The second kappa shape index (κ2) is 5.81. The smallest absolute Gasteiger partial charge is 0.149 e. The van der Waals surface area contributed by atoms with E-state index >= 15 is 0 Å². The average Bonchev–Trinajstić information content (AvgIpc) is 2.57. The number of carbonyl (C=O) groups excluding carboxylic acids is 1. The fraction of sp³-hybridized carbons (Fsp3) is 0.929. The van der Waals surface area contributed by atoms with Crippen molar-refractivity contribution < 1.29 is 4.79 Å². The first-order chi connectivity index (χ1) is 7.79. The molecule has 2 nitrogen and oxygen atoms in total. The summed E-state index contributed by atoms with van der Waals surface area (Å²) in [5.74, 6) is 0.498. The lowest BCUT2D eigenvalue weighted by Crippen LogP contribution is -2.46. The van der Waals surface area contributed by atoms with Crippen molar-refractivity contribution in [2.75, 3.05) is 7.05 Å². The maximum absolute atomic E-state index is 11.9. The predicted octanol–water partition coefficient (Wildman–Crippen LogP) is 3.15. The summed E-state index contributed by atoms with van der Waals surface area (Å²) >= 11 is 0. The Balaban J connectivity index is 1.93. The van der Waals surface area contributed by atoms with Crippen LogP contribution >= 0.6 is 0 Å². The first-order valence-corrected chi connectivity index (χ1v) is 7.03. The molecule has 0 saturated heterocycles. The minimum absolute atomic E-state index is 0.247. The summed E-state index contributed by atoms with van der Waals surface area (Å²) in [4.78, 5) is 14.3. The summed E-state index contributed by atoms with van der Waals surface area (Å²) in [5.41, 5.74) is 0. The van der Waals surface area contributed by atoms with Crippen LogP contribution in [0.5, 0.6) is 0 Å². The molecular weight excluding hydrogens is 198 g/mol. The van der Waals surface area contributed by atoms with E-state index in [-0.39, 0.29) is 6.04 Å². The molecular formula is C14H25NO. The van der Waals surface area contributed by atoms with Crippen molar-refractivity contribution in [3.05, 3.63) is 0 Å². The van der Waals surface area contributed by atoms with E-state index in [1.165, 1.54) is 44.9 Å². The number of hydrogen-bond donors (Lipinski definition) is 0. The molecule has 2 heteroatoms.